The Kier molecular flexibility index (Phi) is 3.94. The molecule has 0 bridgehead atoms. The number of ether oxygens (including phenoxy) is 1. The van der Waals surface area contributed by atoms with Gasteiger partial charge < -0.3 is 10.1 Å². The zero-order valence-electron chi connectivity index (χ0n) is 10.1. The van der Waals surface area contributed by atoms with Crippen LogP contribution in [0.25, 0.3) is 0 Å². The molecule has 0 radical (unpaired) electrons. The fourth-order valence-electron chi connectivity index (χ4n) is 1.38. The summed E-state index contributed by atoms with van der Waals surface area (Å²) in [6.07, 6.45) is 0.886. The van der Waals surface area contributed by atoms with Crippen LogP contribution in [0.4, 0.5) is 16.0 Å². The molecule has 1 aromatic heterocycles. The zero-order chi connectivity index (χ0) is 14.7. The van der Waals surface area contributed by atoms with Crippen LogP contribution in [0.5, 0.6) is 11.6 Å². The molecule has 7 nitrogen and oxygen atoms in total. The number of nitrogens with zero attached hydrogens (tertiary/aromatic N) is 3. The summed E-state index contributed by atoms with van der Waals surface area (Å²) in [5, 5.41) is 13.5. The molecule has 0 aliphatic rings. The van der Waals surface area contributed by atoms with E-state index in [9.17, 15) is 14.5 Å². The maximum Gasteiger partial charge on any atom is 0.313 e. The van der Waals surface area contributed by atoms with Crippen molar-refractivity contribution in [1.82, 2.24) is 9.97 Å². The van der Waals surface area contributed by atoms with Crippen molar-refractivity contribution in [3.63, 3.8) is 0 Å². The van der Waals surface area contributed by atoms with Crippen LogP contribution in [0.1, 0.15) is 0 Å². The number of halogens is 2. The van der Waals surface area contributed by atoms with Crippen molar-refractivity contribution in [3.8, 4) is 11.6 Å². The second-order valence-corrected chi connectivity index (χ2v) is 3.95. The van der Waals surface area contributed by atoms with Crippen LogP contribution in [0.15, 0.2) is 24.4 Å². The Morgan fingerprint density at radius 3 is 2.90 bits per heavy atom. The Morgan fingerprint density at radius 1 is 1.50 bits per heavy atom. The number of nitrogens with one attached hydrogen (secondary N) is 1. The summed E-state index contributed by atoms with van der Waals surface area (Å²) >= 11 is 5.84. The number of para-hydroxylation sites is 1. The largest absolute Gasteiger partial charge is 0.427 e. The summed E-state index contributed by atoms with van der Waals surface area (Å²) in [5.41, 5.74) is -0.387. The van der Waals surface area contributed by atoms with E-state index >= 15 is 0 Å². The third kappa shape index (κ3) is 2.75. The van der Waals surface area contributed by atoms with E-state index in [1.54, 1.807) is 0 Å². The van der Waals surface area contributed by atoms with Gasteiger partial charge in [-0.05, 0) is 6.07 Å². The van der Waals surface area contributed by atoms with Crippen LogP contribution in [0, 0.1) is 15.9 Å². The molecule has 0 atom stereocenters. The molecule has 1 heterocycles. The lowest BCUT2D eigenvalue weighted by molar-refractivity contribution is -0.385. The lowest BCUT2D eigenvalue weighted by atomic mass is 10.3. The average molecular weight is 299 g/mol. The highest BCUT2D eigenvalue weighted by molar-refractivity contribution is 6.32. The maximum atomic E-state index is 13.6. The maximum absolute atomic E-state index is 13.6. The Hall–Kier alpha value is -2.48. The predicted molar refractivity (Wildman–Crippen MR) is 69.7 cm³/mol. The smallest absolute Gasteiger partial charge is 0.313 e. The van der Waals surface area contributed by atoms with Gasteiger partial charge in [-0.15, -0.1) is 0 Å². The highest BCUT2D eigenvalue weighted by atomic mass is 35.5. The fraction of sp³-hybridized carbons (Fsp3) is 0.0909. The number of aromatic nitrogens is 2. The normalized spacial score (nSPS) is 10.2. The van der Waals surface area contributed by atoms with Gasteiger partial charge >= 0.3 is 5.69 Å². The Balaban J connectivity index is 2.47. The first-order chi connectivity index (χ1) is 9.52. The molecule has 9 heteroatoms. The summed E-state index contributed by atoms with van der Waals surface area (Å²) in [4.78, 5) is 17.6. The molecule has 0 saturated heterocycles. The van der Waals surface area contributed by atoms with Crippen molar-refractivity contribution < 1.29 is 14.1 Å². The summed E-state index contributed by atoms with van der Waals surface area (Å²) in [5.74, 6) is -1.49. The van der Waals surface area contributed by atoms with Gasteiger partial charge in [-0.3, -0.25) is 10.1 Å². The van der Waals surface area contributed by atoms with E-state index in [2.05, 4.69) is 15.3 Å². The van der Waals surface area contributed by atoms with Crippen molar-refractivity contribution in [2.24, 2.45) is 0 Å². The molecule has 0 aliphatic heterocycles. The Labute approximate surface area is 117 Å². The molecule has 1 N–H and O–H groups in total. The van der Waals surface area contributed by atoms with Crippen molar-refractivity contribution in [1.29, 1.82) is 0 Å². The van der Waals surface area contributed by atoms with Crippen molar-refractivity contribution in [2.45, 2.75) is 0 Å². The number of nitro benzene ring substituents is 1. The third-order valence-corrected chi connectivity index (χ3v) is 2.57. The predicted octanol–water partition coefficient (Wildman–Crippen LogP) is 3.01. The van der Waals surface area contributed by atoms with E-state index in [1.165, 1.54) is 25.2 Å². The number of rotatable bonds is 4. The van der Waals surface area contributed by atoms with Crippen molar-refractivity contribution >= 4 is 23.2 Å². The quantitative estimate of drug-likeness (QED) is 0.689. The molecule has 0 amide bonds. The molecule has 0 unspecified atom stereocenters. The summed E-state index contributed by atoms with van der Waals surface area (Å²) in [7, 11) is 1.54. The zero-order valence-corrected chi connectivity index (χ0v) is 10.9. The first-order valence-electron chi connectivity index (χ1n) is 5.34. The SMILES string of the molecule is CNc1ncc(F)c(Oc2c(Cl)cccc2[N+](=O)[O-])n1. The number of hydrogen-bond donors (Lipinski definition) is 1. The molecule has 0 aliphatic carbocycles. The Bertz CT molecular complexity index is 668. The monoisotopic (exact) mass is 298 g/mol. The minimum atomic E-state index is -0.863. The molecule has 104 valence electrons. The van der Waals surface area contributed by atoms with Crippen LogP contribution in [0.2, 0.25) is 5.02 Å². The van der Waals surface area contributed by atoms with Gasteiger partial charge in [-0.1, -0.05) is 17.7 Å². The van der Waals surface area contributed by atoms with Crippen LogP contribution in [-0.4, -0.2) is 21.9 Å². The highest BCUT2D eigenvalue weighted by Crippen LogP contribution is 2.37. The molecule has 2 aromatic rings. The topological polar surface area (TPSA) is 90.2 Å². The molecule has 0 spiro atoms. The van der Waals surface area contributed by atoms with E-state index in [0.29, 0.717) is 0 Å². The van der Waals surface area contributed by atoms with E-state index in [1.807, 2.05) is 0 Å². The van der Waals surface area contributed by atoms with Crippen LogP contribution < -0.4 is 10.1 Å². The van der Waals surface area contributed by atoms with Crippen LogP contribution >= 0.6 is 11.6 Å². The van der Waals surface area contributed by atoms with Crippen molar-refractivity contribution in [2.75, 3.05) is 12.4 Å². The van der Waals surface area contributed by atoms with Gasteiger partial charge in [0.2, 0.25) is 17.5 Å². The number of anilines is 1. The first-order valence-corrected chi connectivity index (χ1v) is 5.71. The van der Waals surface area contributed by atoms with E-state index in [0.717, 1.165) is 6.20 Å². The van der Waals surface area contributed by atoms with Gasteiger partial charge in [0, 0.05) is 13.1 Å². The minimum Gasteiger partial charge on any atom is -0.427 e. The van der Waals surface area contributed by atoms with Crippen LogP contribution in [0.3, 0.4) is 0 Å². The second kappa shape index (κ2) is 5.66. The highest BCUT2D eigenvalue weighted by Gasteiger charge is 2.21. The van der Waals surface area contributed by atoms with Gasteiger partial charge in [0.15, 0.2) is 0 Å². The minimum absolute atomic E-state index is 0.0248. The Morgan fingerprint density at radius 2 is 2.25 bits per heavy atom. The van der Waals surface area contributed by atoms with Gasteiger partial charge in [0.1, 0.15) is 0 Å². The standard InChI is InChI=1S/C11H8ClFN4O3/c1-14-11-15-5-7(13)10(16-11)20-9-6(12)3-2-4-8(9)17(18)19/h2-5H,1H3,(H,14,15,16). The lowest BCUT2D eigenvalue weighted by Crippen LogP contribution is -2.01. The summed E-state index contributed by atoms with van der Waals surface area (Å²) in [6, 6.07) is 3.98. The fourth-order valence-corrected chi connectivity index (χ4v) is 1.59. The number of hydrogen-bond acceptors (Lipinski definition) is 6. The molecule has 0 saturated carbocycles. The summed E-state index contributed by atoms with van der Waals surface area (Å²) in [6.45, 7) is 0. The molecule has 2 rings (SSSR count). The third-order valence-electron chi connectivity index (χ3n) is 2.28. The van der Waals surface area contributed by atoms with Gasteiger partial charge in [0.05, 0.1) is 16.1 Å². The summed E-state index contributed by atoms with van der Waals surface area (Å²) < 4.78 is 18.7. The molecule has 0 fully saturated rings. The van der Waals surface area contributed by atoms with Crippen LogP contribution in [-0.2, 0) is 0 Å². The molecule has 1 aromatic carbocycles. The van der Waals surface area contributed by atoms with Gasteiger partial charge in [-0.25, -0.2) is 4.98 Å². The lowest BCUT2D eigenvalue weighted by Gasteiger charge is -2.08. The number of nitro groups is 1. The number of benzene rings is 1. The molecular formula is C11H8ClFN4O3. The second-order valence-electron chi connectivity index (χ2n) is 3.54. The van der Waals surface area contributed by atoms with E-state index < -0.39 is 16.6 Å². The van der Waals surface area contributed by atoms with E-state index in [-0.39, 0.29) is 22.4 Å². The van der Waals surface area contributed by atoms with E-state index in [4.69, 9.17) is 16.3 Å². The molecule has 20 heavy (non-hydrogen) atoms. The first kappa shape index (κ1) is 13.9. The van der Waals surface area contributed by atoms with Gasteiger partial charge in [-0.2, -0.15) is 9.37 Å². The average Bonchev–Trinajstić information content (AvgIpc) is 2.43. The van der Waals surface area contributed by atoms with Crippen molar-refractivity contribution in [3.05, 3.63) is 45.4 Å². The molecular weight excluding hydrogens is 291 g/mol. The van der Waals surface area contributed by atoms with Gasteiger partial charge in [0.25, 0.3) is 5.88 Å².